The smallest absolute Gasteiger partial charge is 0.159 e. The van der Waals surface area contributed by atoms with Crippen LogP contribution < -0.4 is 0 Å². The molecule has 1 unspecified atom stereocenters. The van der Waals surface area contributed by atoms with Crippen molar-refractivity contribution in [2.45, 2.75) is 44.6 Å². The van der Waals surface area contributed by atoms with Crippen LogP contribution in [0.3, 0.4) is 0 Å². The number of terminal acetylenes is 1. The van der Waals surface area contributed by atoms with E-state index in [1.165, 1.54) is 6.42 Å². The van der Waals surface area contributed by atoms with E-state index in [4.69, 9.17) is 6.42 Å². The summed E-state index contributed by atoms with van der Waals surface area (Å²) in [6.45, 7) is 4.21. The van der Waals surface area contributed by atoms with Crippen LogP contribution in [0, 0.1) is 47.9 Å². The minimum absolute atomic E-state index is 0.156. The number of carbonyl (C=O) groups is 1. The Kier molecular flexibility index (Phi) is 3.31. The van der Waals surface area contributed by atoms with Gasteiger partial charge in [0.15, 0.2) is 5.78 Å². The summed E-state index contributed by atoms with van der Waals surface area (Å²) in [4.78, 5) is 11.8. The van der Waals surface area contributed by atoms with Gasteiger partial charge in [0.1, 0.15) is 0 Å². The zero-order valence-corrected chi connectivity index (χ0v) is 13.0. The van der Waals surface area contributed by atoms with E-state index in [9.17, 15) is 9.90 Å². The molecule has 0 saturated heterocycles. The molecule has 0 amide bonds. The van der Waals surface area contributed by atoms with E-state index in [0.717, 1.165) is 30.4 Å². The molecule has 3 fully saturated rings. The van der Waals surface area contributed by atoms with E-state index in [2.05, 4.69) is 12.5 Å². The largest absolute Gasteiger partial charge is 0.392 e. The van der Waals surface area contributed by atoms with Crippen molar-refractivity contribution in [2.24, 2.45) is 35.5 Å². The molecule has 0 spiro atoms. The maximum atomic E-state index is 11.8. The molecule has 1 N–H and O–H groups in total. The van der Waals surface area contributed by atoms with Crippen LogP contribution in [0.15, 0.2) is 23.8 Å². The van der Waals surface area contributed by atoms with Crippen molar-refractivity contribution >= 4 is 5.78 Å². The first kappa shape index (κ1) is 14.3. The Bertz CT molecular complexity index is 593. The third kappa shape index (κ3) is 1.95. The number of hydrogen-bond acceptors (Lipinski definition) is 2. The second kappa shape index (κ2) is 5.10. The first-order chi connectivity index (χ1) is 10.6. The van der Waals surface area contributed by atoms with E-state index in [1.54, 1.807) is 6.08 Å². The fourth-order valence-corrected chi connectivity index (χ4v) is 6.14. The van der Waals surface area contributed by atoms with Crippen LogP contribution in [0.5, 0.6) is 0 Å². The van der Waals surface area contributed by atoms with Crippen molar-refractivity contribution in [1.82, 2.24) is 0 Å². The molecule has 2 heteroatoms. The van der Waals surface area contributed by atoms with Gasteiger partial charge in [-0.25, -0.2) is 0 Å². The number of aliphatic hydroxyl groups excluding tert-OH is 1. The van der Waals surface area contributed by atoms with Gasteiger partial charge in [-0.1, -0.05) is 17.7 Å². The summed E-state index contributed by atoms with van der Waals surface area (Å²) < 4.78 is 0. The highest BCUT2D eigenvalue weighted by atomic mass is 16.3. The van der Waals surface area contributed by atoms with Crippen LogP contribution in [0.25, 0.3) is 0 Å². The van der Waals surface area contributed by atoms with Gasteiger partial charge in [-0.2, -0.15) is 0 Å². The molecule has 0 radical (unpaired) electrons. The van der Waals surface area contributed by atoms with Crippen LogP contribution in [0.2, 0.25) is 0 Å². The summed E-state index contributed by atoms with van der Waals surface area (Å²) in [7, 11) is 0. The molecule has 116 valence electrons. The fourth-order valence-electron chi connectivity index (χ4n) is 6.14. The lowest BCUT2D eigenvalue weighted by atomic mass is 9.54. The normalized spacial score (nSPS) is 47.1. The Morgan fingerprint density at radius 2 is 1.91 bits per heavy atom. The number of fused-ring (bicyclic) bond motifs is 5. The van der Waals surface area contributed by atoms with E-state index < -0.39 is 0 Å². The molecule has 0 aromatic heterocycles. The Balaban J connectivity index is 1.68. The lowest BCUT2D eigenvalue weighted by Crippen LogP contribution is -2.48. The number of rotatable bonds is 0. The first-order valence-corrected chi connectivity index (χ1v) is 8.65. The summed E-state index contributed by atoms with van der Waals surface area (Å²) in [6.07, 6.45) is 12.9. The highest BCUT2D eigenvalue weighted by Crippen LogP contribution is 2.58. The number of hydrogen-bond donors (Lipinski definition) is 1. The minimum Gasteiger partial charge on any atom is -0.392 e. The van der Waals surface area contributed by atoms with Crippen molar-refractivity contribution in [2.75, 3.05) is 0 Å². The number of carbonyl (C=O) groups excluding carboxylic acids is 1. The minimum atomic E-state index is -0.310. The van der Waals surface area contributed by atoms with E-state index >= 15 is 0 Å². The molecule has 4 aliphatic carbocycles. The third-order valence-corrected chi connectivity index (χ3v) is 6.82. The highest BCUT2D eigenvalue weighted by Gasteiger charge is 2.53. The monoisotopic (exact) mass is 296 g/mol. The average molecular weight is 296 g/mol. The standard InChI is InChI=1S/C20H24O2/c1-3-12-4-5-16-15(12)6-7-17-19-11(2)8-14(21)9-13(19)10-18(22)20(16)17/h1,9,12,15-20,22H,2,4-8,10H2/t12-,15+,16+,17+,18?,19-,20-/m0/s1. The SMILES string of the molecule is C#C[C@H]1CC[C@@H]2[C@@H]1CC[C@@H]1[C@H]3C(=C)CC(=O)C=C3CC(O)[C@H]12. The van der Waals surface area contributed by atoms with Gasteiger partial charge >= 0.3 is 0 Å². The fraction of sp³-hybridized carbons (Fsp3) is 0.650. The Morgan fingerprint density at radius 1 is 1.18 bits per heavy atom. The van der Waals surface area contributed by atoms with Crippen molar-refractivity contribution in [3.63, 3.8) is 0 Å². The van der Waals surface area contributed by atoms with Crippen LogP contribution in [-0.2, 0) is 4.79 Å². The quantitative estimate of drug-likeness (QED) is 0.551. The van der Waals surface area contributed by atoms with E-state index in [0.29, 0.717) is 48.3 Å². The molecule has 7 atom stereocenters. The first-order valence-electron chi connectivity index (χ1n) is 8.65. The van der Waals surface area contributed by atoms with Gasteiger partial charge < -0.3 is 5.11 Å². The molecule has 4 rings (SSSR count). The number of ketones is 1. The third-order valence-electron chi connectivity index (χ3n) is 6.82. The maximum Gasteiger partial charge on any atom is 0.159 e. The van der Waals surface area contributed by atoms with E-state index in [-0.39, 0.29) is 11.9 Å². The molecule has 3 saturated carbocycles. The van der Waals surface area contributed by atoms with Crippen molar-refractivity contribution < 1.29 is 9.90 Å². The number of aliphatic hydroxyl groups is 1. The average Bonchev–Trinajstić information content (AvgIpc) is 2.88. The van der Waals surface area contributed by atoms with Crippen LogP contribution >= 0.6 is 0 Å². The van der Waals surface area contributed by atoms with Crippen molar-refractivity contribution in [1.29, 1.82) is 0 Å². The van der Waals surface area contributed by atoms with Crippen molar-refractivity contribution in [3.8, 4) is 12.3 Å². The van der Waals surface area contributed by atoms with Gasteiger partial charge in [0.2, 0.25) is 0 Å². The number of allylic oxidation sites excluding steroid dienone is 1. The van der Waals surface area contributed by atoms with Gasteiger partial charge in [0, 0.05) is 18.3 Å². The molecule has 0 aromatic carbocycles. The predicted octanol–water partition coefficient (Wildman–Crippen LogP) is 3.12. The van der Waals surface area contributed by atoms with Crippen LogP contribution in [-0.4, -0.2) is 17.0 Å². The van der Waals surface area contributed by atoms with Gasteiger partial charge in [0.25, 0.3) is 0 Å². The van der Waals surface area contributed by atoms with E-state index in [1.807, 2.05) is 0 Å². The summed E-state index contributed by atoms with van der Waals surface area (Å²) in [5, 5.41) is 10.8. The maximum absolute atomic E-state index is 11.8. The zero-order valence-electron chi connectivity index (χ0n) is 13.0. The molecular weight excluding hydrogens is 272 g/mol. The Hall–Kier alpha value is -1.33. The summed E-state index contributed by atoms with van der Waals surface area (Å²) in [5.41, 5.74) is 2.22. The van der Waals surface area contributed by atoms with Crippen LogP contribution in [0.1, 0.15) is 38.5 Å². The molecule has 0 aliphatic heterocycles. The van der Waals surface area contributed by atoms with Gasteiger partial charge in [0.05, 0.1) is 6.10 Å². The van der Waals surface area contributed by atoms with Gasteiger partial charge in [-0.3, -0.25) is 4.79 Å². The predicted molar refractivity (Wildman–Crippen MR) is 85.7 cm³/mol. The molecule has 4 aliphatic rings. The topological polar surface area (TPSA) is 37.3 Å². The highest BCUT2D eigenvalue weighted by molar-refractivity contribution is 5.93. The molecule has 22 heavy (non-hydrogen) atoms. The molecule has 2 nitrogen and oxygen atoms in total. The molecule has 0 heterocycles. The lowest BCUT2D eigenvalue weighted by Gasteiger charge is -2.52. The van der Waals surface area contributed by atoms with Crippen molar-refractivity contribution in [3.05, 3.63) is 23.8 Å². The molecular formula is C20H24O2. The van der Waals surface area contributed by atoms with Crippen LogP contribution in [0.4, 0.5) is 0 Å². The Morgan fingerprint density at radius 3 is 2.68 bits per heavy atom. The lowest BCUT2D eigenvalue weighted by molar-refractivity contribution is -0.115. The zero-order chi connectivity index (χ0) is 15.4. The second-order valence-electron chi connectivity index (χ2n) is 7.77. The summed E-state index contributed by atoms with van der Waals surface area (Å²) in [5.74, 6) is 5.87. The summed E-state index contributed by atoms with van der Waals surface area (Å²) in [6, 6.07) is 0. The molecule has 0 bridgehead atoms. The van der Waals surface area contributed by atoms with Gasteiger partial charge in [-0.15, -0.1) is 12.3 Å². The Labute approximate surface area is 132 Å². The summed E-state index contributed by atoms with van der Waals surface area (Å²) >= 11 is 0. The second-order valence-corrected chi connectivity index (χ2v) is 7.77. The van der Waals surface area contributed by atoms with Gasteiger partial charge in [-0.05, 0) is 61.9 Å². The molecule has 0 aromatic rings.